The third kappa shape index (κ3) is 3.33. The van der Waals surface area contributed by atoms with Crippen LogP contribution in [0.15, 0.2) is 36.4 Å². The van der Waals surface area contributed by atoms with E-state index < -0.39 is 5.82 Å². The molecule has 0 aliphatic rings. The highest BCUT2D eigenvalue weighted by Gasteiger charge is 2.09. The van der Waals surface area contributed by atoms with Crippen molar-refractivity contribution in [3.05, 3.63) is 53.1 Å². The molecule has 0 bridgehead atoms. The second-order valence-corrected chi connectivity index (χ2v) is 5.89. The number of imidazole rings is 1. The summed E-state index contributed by atoms with van der Waals surface area (Å²) in [6, 6.07) is 10.0. The average Bonchev–Trinajstić information content (AvgIpc) is 2.83. The van der Waals surface area contributed by atoms with Gasteiger partial charge in [-0.3, -0.25) is 4.79 Å². The fraction of sp³-hybridized carbons (Fsp3) is 0.176. The van der Waals surface area contributed by atoms with E-state index in [0.29, 0.717) is 17.3 Å². The Morgan fingerprint density at radius 2 is 2.08 bits per heavy atom. The van der Waals surface area contributed by atoms with Crippen LogP contribution in [0, 0.1) is 5.82 Å². The molecule has 24 heavy (non-hydrogen) atoms. The van der Waals surface area contributed by atoms with Gasteiger partial charge in [0.25, 0.3) is 0 Å². The van der Waals surface area contributed by atoms with Crippen molar-refractivity contribution in [1.29, 1.82) is 0 Å². The van der Waals surface area contributed by atoms with Gasteiger partial charge in [0.2, 0.25) is 5.91 Å². The average molecular weight is 347 g/mol. The van der Waals surface area contributed by atoms with Crippen molar-refractivity contribution >= 4 is 39.9 Å². The fourth-order valence-corrected chi connectivity index (χ4v) is 2.65. The number of hydrogen-bond donors (Lipinski definition) is 2. The molecule has 5 nitrogen and oxygen atoms in total. The Morgan fingerprint density at radius 3 is 2.83 bits per heavy atom. The topological polar surface area (TPSA) is 59.0 Å². The number of carbonyl (C=O) groups excluding carboxylic acids is 1. The van der Waals surface area contributed by atoms with Gasteiger partial charge in [-0.2, -0.15) is 0 Å². The highest BCUT2D eigenvalue weighted by molar-refractivity contribution is 6.31. The number of carbonyl (C=O) groups is 1. The number of amides is 1. The molecule has 124 valence electrons. The van der Waals surface area contributed by atoms with E-state index in [1.165, 1.54) is 13.0 Å². The van der Waals surface area contributed by atoms with Crippen LogP contribution in [0.1, 0.15) is 12.7 Å². The van der Waals surface area contributed by atoms with Crippen LogP contribution >= 0.6 is 11.6 Å². The number of aryl methyl sites for hydroxylation is 1. The molecule has 0 radical (unpaired) electrons. The van der Waals surface area contributed by atoms with Gasteiger partial charge in [0.1, 0.15) is 11.6 Å². The summed E-state index contributed by atoms with van der Waals surface area (Å²) in [4.78, 5) is 15.7. The predicted molar refractivity (Wildman–Crippen MR) is 93.8 cm³/mol. The molecule has 3 rings (SSSR count). The number of anilines is 2. The van der Waals surface area contributed by atoms with Crippen LogP contribution in [-0.4, -0.2) is 15.5 Å². The largest absolute Gasteiger partial charge is 0.378 e. The Kier molecular flexibility index (Phi) is 4.40. The van der Waals surface area contributed by atoms with E-state index in [9.17, 15) is 9.18 Å². The number of aromatic nitrogens is 2. The van der Waals surface area contributed by atoms with E-state index in [1.807, 2.05) is 29.8 Å². The molecular weight excluding hydrogens is 331 g/mol. The van der Waals surface area contributed by atoms with Crippen molar-refractivity contribution in [3.8, 4) is 0 Å². The number of nitrogens with zero attached hydrogens (tertiary/aromatic N) is 2. The normalized spacial score (nSPS) is 10.8. The molecule has 1 amide bonds. The van der Waals surface area contributed by atoms with Crippen molar-refractivity contribution in [3.63, 3.8) is 0 Å². The highest BCUT2D eigenvalue weighted by atomic mass is 35.5. The minimum absolute atomic E-state index is 0.143. The van der Waals surface area contributed by atoms with E-state index in [0.717, 1.165) is 16.9 Å². The zero-order valence-corrected chi connectivity index (χ0v) is 14.0. The van der Waals surface area contributed by atoms with Gasteiger partial charge in [-0.25, -0.2) is 9.37 Å². The number of hydrogen-bond acceptors (Lipinski definition) is 3. The molecule has 0 fully saturated rings. The minimum atomic E-state index is -0.479. The molecule has 3 aromatic rings. The molecule has 0 saturated carbocycles. The maximum atomic E-state index is 13.7. The Bertz CT molecular complexity index is 922. The molecule has 2 aromatic carbocycles. The zero-order chi connectivity index (χ0) is 17.3. The van der Waals surface area contributed by atoms with Gasteiger partial charge >= 0.3 is 0 Å². The number of fused-ring (bicyclic) bond motifs is 1. The first-order chi connectivity index (χ1) is 11.4. The van der Waals surface area contributed by atoms with E-state index in [2.05, 4.69) is 15.6 Å². The van der Waals surface area contributed by atoms with Crippen LogP contribution in [0.25, 0.3) is 11.0 Å². The SMILES string of the molecule is CC(=O)Nc1cc(NCc2nc3cc(Cl)ccc3n2C)ccc1F. The minimum Gasteiger partial charge on any atom is -0.378 e. The first-order valence-corrected chi connectivity index (χ1v) is 7.73. The van der Waals surface area contributed by atoms with Crippen molar-refractivity contribution in [1.82, 2.24) is 9.55 Å². The molecule has 2 N–H and O–H groups in total. The van der Waals surface area contributed by atoms with Gasteiger partial charge in [0, 0.05) is 24.7 Å². The Balaban J connectivity index is 1.81. The lowest BCUT2D eigenvalue weighted by Gasteiger charge is -2.10. The summed E-state index contributed by atoms with van der Waals surface area (Å²) < 4.78 is 15.6. The lowest BCUT2D eigenvalue weighted by Crippen LogP contribution is -2.09. The second-order valence-electron chi connectivity index (χ2n) is 5.45. The van der Waals surface area contributed by atoms with E-state index in [4.69, 9.17) is 11.6 Å². The van der Waals surface area contributed by atoms with Gasteiger partial charge in [0.05, 0.1) is 23.3 Å². The van der Waals surface area contributed by atoms with Gasteiger partial charge in [-0.15, -0.1) is 0 Å². The van der Waals surface area contributed by atoms with Crippen molar-refractivity contribution in [2.45, 2.75) is 13.5 Å². The number of nitrogens with one attached hydrogen (secondary N) is 2. The standard InChI is InChI=1S/C17H16ClFN4O/c1-10(24)21-14-8-12(4-5-13(14)19)20-9-17-22-15-7-11(18)3-6-16(15)23(17)2/h3-8,20H,9H2,1-2H3,(H,21,24). The smallest absolute Gasteiger partial charge is 0.221 e. The maximum Gasteiger partial charge on any atom is 0.221 e. The lowest BCUT2D eigenvalue weighted by atomic mass is 10.2. The number of halogens is 2. The van der Waals surface area contributed by atoms with E-state index in [-0.39, 0.29) is 11.6 Å². The zero-order valence-electron chi connectivity index (χ0n) is 13.2. The summed E-state index contributed by atoms with van der Waals surface area (Å²) in [7, 11) is 1.92. The molecule has 0 saturated heterocycles. The van der Waals surface area contributed by atoms with Crippen LogP contribution in [0.2, 0.25) is 5.02 Å². The van der Waals surface area contributed by atoms with E-state index >= 15 is 0 Å². The molecule has 7 heteroatoms. The van der Waals surface area contributed by atoms with Crippen LogP contribution in [-0.2, 0) is 18.4 Å². The van der Waals surface area contributed by atoms with Crippen LogP contribution in [0.3, 0.4) is 0 Å². The second kappa shape index (κ2) is 6.49. The first kappa shape index (κ1) is 16.3. The lowest BCUT2D eigenvalue weighted by molar-refractivity contribution is -0.114. The quantitative estimate of drug-likeness (QED) is 0.752. The molecule has 0 unspecified atom stereocenters. The number of benzene rings is 2. The van der Waals surface area contributed by atoms with Crippen LogP contribution < -0.4 is 10.6 Å². The Hall–Kier alpha value is -2.60. The van der Waals surface area contributed by atoms with E-state index in [1.54, 1.807) is 12.1 Å². The molecule has 1 heterocycles. The summed E-state index contributed by atoms with van der Waals surface area (Å²) in [5.41, 5.74) is 2.63. The summed E-state index contributed by atoms with van der Waals surface area (Å²) in [6.45, 7) is 1.79. The maximum absolute atomic E-state index is 13.7. The predicted octanol–water partition coefficient (Wildman–Crippen LogP) is 3.94. The number of rotatable bonds is 4. The molecule has 0 atom stereocenters. The Morgan fingerprint density at radius 1 is 1.29 bits per heavy atom. The fourth-order valence-electron chi connectivity index (χ4n) is 2.48. The third-order valence-corrected chi connectivity index (χ3v) is 3.90. The van der Waals surface area contributed by atoms with Crippen LogP contribution in [0.5, 0.6) is 0 Å². The first-order valence-electron chi connectivity index (χ1n) is 7.36. The summed E-state index contributed by atoms with van der Waals surface area (Å²) in [6.07, 6.45) is 0. The van der Waals surface area contributed by atoms with Crippen molar-refractivity contribution in [2.24, 2.45) is 7.05 Å². The van der Waals surface area contributed by atoms with Gasteiger partial charge in [-0.05, 0) is 36.4 Å². The molecule has 1 aromatic heterocycles. The summed E-state index contributed by atoms with van der Waals surface area (Å²) in [5.74, 6) is 0.0177. The van der Waals surface area contributed by atoms with Gasteiger partial charge < -0.3 is 15.2 Å². The summed E-state index contributed by atoms with van der Waals surface area (Å²) in [5, 5.41) is 6.28. The van der Waals surface area contributed by atoms with Gasteiger partial charge in [-0.1, -0.05) is 11.6 Å². The monoisotopic (exact) mass is 346 g/mol. The third-order valence-electron chi connectivity index (χ3n) is 3.66. The molecular formula is C17H16ClFN4O. The molecule has 0 aliphatic carbocycles. The Labute approximate surface area is 143 Å². The van der Waals surface area contributed by atoms with Gasteiger partial charge in [0.15, 0.2) is 0 Å². The van der Waals surface area contributed by atoms with Crippen molar-refractivity contribution < 1.29 is 9.18 Å². The highest BCUT2D eigenvalue weighted by Crippen LogP contribution is 2.22. The van der Waals surface area contributed by atoms with Crippen LogP contribution in [0.4, 0.5) is 15.8 Å². The summed E-state index contributed by atoms with van der Waals surface area (Å²) >= 11 is 5.99. The van der Waals surface area contributed by atoms with Crippen molar-refractivity contribution in [2.75, 3.05) is 10.6 Å². The molecule has 0 spiro atoms. The molecule has 0 aliphatic heterocycles.